The largest absolute Gasteiger partial charge is 0.443 e. The van der Waals surface area contributed by atoms with Crippen LogP contribution in [0.4, 0.5) is 10.5 Å². The van der Waals surface area contributed by atoms with Crippen LogP contribution in [0.3, 0.4) is 0 Å². The van der Waals surface area contributed by atoms with Crippen molar-refractivity contribution in [1.29, 1.82) is 0 Å². The van der Waals surface area contributed by atoms with Crippen molar-refractivity contribution in [2.24, 2.45) is 0 Å². The molecule has 1 amide bonds. The zero-order chi connectivity index (χ0) is 18.9. The number of aliphatic hydroxyl groups is 1. The second-order valence-electron chi connectivity index (χ2n) is 7.77. The van der Waals surface area contributed by atoms with E-state index >= 15 is 0 Å². The van der Waals surface area contributed by atoms with Crippen LogP contribution in [0.5, 0.6) is 0 Å². The minimum atomic E-state index is -0.980. The van der Waals surface area contributed by atoms with Crippen LogP contribution in [0.15, 0.2) is 54.6 Å². The van der Waals surface area contributed by atoms with E-state index in [4.69, 9.17) is 4.74 Å². The Morgan fingerprint density at radius 1 is 1.08 bits per heavy atom. The fraction of sp³-hybridized carbons (Fsp3) is 0.409. The Hall–Kier alpha value is -2.33. The fourth-order valence-corrected chi connectivity index (χ4v) is 3.80. The zero-order valence-electron chi connectivity index (χ0n) is 15.8. The highest BCUT2D eigenvalue weighted by molar-refractivity contribution is 5.90. The van der Waals surface area contributed by atoms with Gasteiger partial charge < -0.3 is 9.84 Å². The Labute approximate surface area is 155 Å². The lowest BCUT2D eigenvalue weighted by atomic mass is 9.75. The molecule has 1 N–H and O–H groups in total. The van der Waals surface area contributed by atoms with E-state index < -0.39 is 17.9 Å². The molecule has 0 aliphatic carbocycles. The lowest BCUT2D eigenvalue weighted by molar-refractivity contribution is 0.0404. The Kier molecular flexibility index (Phi) is 5.05. The summed E-state index contributed by atoms with van der Waals surface area (Å²) in [6.07, 6.45) is -0.629. The van der Waals surface area contributed by atoms with Gasteiger partial charge in [0.2, 0.25) is 0 Å². The second kappa shape index (κ2) is 7.12. The number of carbonyl (C=O) groups excluding carboxylic acids is 1. The van der Waals surface area contributed by atoms with Gasteiger partial charge in [0.05, 0.1) is 5.69 Å². The highest BCUT2D eigenvalue weighted by Gasteiger charge is 2.44. The van der Waals surface area contributed by atoms with Crippen LogP contribution < -0.4 is 4.90 Å². The molecular weight excluding hydrogens is 326 g/mol. The van der Waals surface area contributed by atoms with E-state index in [1.54, 1.807) is 0 Å². The van der Waals surface area contributed by atoms with E-state index in [1.165, 1.54) is 4.90 Å². The number of hydrogen-bond donors (Lipinski definition) is 1. The number of aliphatic hydroxyl groups excluding tert-OH is 1. The van der Waals surface area contributed by atoms with Gasteiger partial charge in [-0.2, -0.15) is 0 Å². The third kappa shape index (κ3) is 3.47. The van der Waals surface area contributed by atoms with Crippen molar-refractivity contribution in [2.75, 3.05) is 4.90 Å². The average Bonchev–Trinajstić information content (AvgIpc) is 2.59. The number of anilines is 1. The molecule has 1 heterocycles. The maximum absolute atomic E-state index is 12.9. The highest BCUT2D eigenvalue weighted by Crippen LogP contribution is 2.48. The Morgan fingerprint density at radius 2 is 1.69 bits per heavy atom. The Balaban J connectivity index is 2.11. The summed E-state index contributed by atoms with van der Waals surface area (Å²) in [4.78, 5) is 14.3. The van der Waals surface area contributed by atoms with Crippen molar-refractivity contribution in [1.82, 2.24) is 0 Å². The maximum Gasteiger partial charge on any atom is 0.416 e. The molecule has 3 unspecified atom stereocenters. The lowest BCUT2D eigenvalue weighted by Crippen LogP contribution is -2.50. The monoisotopic (exact) mass is 353 g/mol. The van der Waals surface area contributed by atoms with Crippen LogP contribution in [0, 0.1) is 0 Å². The third-order valence-electron chi connectivity index (χ3n) is 4.83. The van der Waals surface area contributed by atoms with Crippen molar-refractivity contribution in [3.8, 4) is 0 Å². The molecular formula is C22H27NO3. The van der Waals surface area contributed by atoms with E-state index in [1.807, 2.05) is 75.4 Å². The molecule has 1 aliphatic heterocycles. The van der Waals surface area contributed by atoms with Crippen molar-refractivity contribution in [3.63, 3.8) is 0 Å². The molecule has 0 fully saturated rings. The minimum absolute atomic E-state index is 0.127. The number of para-hydroxylation sites is 1. The molecule has 0 spiro atoms. The number of fused-ring (bicyclic) bond motifs is 1. The van der Waals surface area contributed by atoms with Gasteiger partial charge in [0.15, 0.2) is 0 Å². The summed E-state index contributed by atoms with van der Waals surface area (Å²) in [6.45, 7) is 7.61. The number of carbonyl (C=O) groups is 1. The van der Waals surface area contributed by atoms with Gasteiger partial charge in [-0.15, -0.1) is 0 Å². The normalized spacial score (nSPS) is 22.7. The molecule has 4 nitrogen and oxygen atoms in total. The van der Waals surface area contributed by atoms with Crippen LogP contribution in [0.1, 0.15) is 57.1 Å². The van der Waals surface area contributed by atoms with Gasteiger partial charge in [-0.05, 0) is 50.3 Å². The number of benzene rings is 2. The number of amides is 1. The first-order valence-corrected chi connectivity index (χ1v) is 9.17. The van der Waals surface area contributed by atoms with Gasteiger partial charge in [-0.3, -0.25) is 4.90 Å². The van der Waals surface area contributed by atoms with E-state index in [0.717, 1.165) is 23.2 Å². The zero-order valence-corrected chi connectivity index (χ0v) is 15.8. The minimum Gasteiger partial charge on any atom is -0.443 e. The first-order valence-electron chi connectivity index (χ1n) is 9.17. The summed E-state index contributed by atoms with van der Waals surface area (Å²) in [5, 5.41) is 11.2. The molecule has 1 aliphatic rings. The smallest absolute Gasteiger partial charge is 0.416 e. The molecule has 26 heavy (non-hydrogen) atoms. The van der Waals surface area contributed by atoms with E-state index in [9.17, 15) is 9.90 Å². The second-order valence-corrected chi connectivity index (χ2v) is 7.77. The summed E-state index contributed by atoms with van der Waals surface area (Å²) in [6, 6.07) is 17.7. The summed E-state index contributed by atoms with van der Waals surface area (Å²) < 4.78 is 5.58. The standard InChI is InChI=1S/C22H27NO3/c1-5-16-17-13-9-10-14-18(17)23(21(25)26-22(2,3)4)20(24)19(16)15-11-7-6-8-12-15/h6-14,16,19-20,24H,5H2,1-4H3. The topological polar surface area (TPSA) is 49.8 Å². The number of ether oxygens (including phenoxy) is 1. The van der Waals surface area contributed by atoms with E-state index in [0.29, 0.717) is 0 Å². The number of hydrogen-bond acceptors (Lipinski definition) is 3. The van der Waals surface area contributed by atoms with Crippen LogP contribution in [0.25, 0.3) is 0 Å². The van der Waals surface area contributed by atoms with E-state index in [2.05, 4.69) is 6.92 Å². The van der Waals surface area contributed by atoms with Crippen molar-refractivity contribution in [2.45, 2.75) is 57.8 Å². The maximum atomic E-state index is 12.9. The molecule has 138 valence electrons. The highest BCUT2D eigenvalue weighted by atomic mass is 16.6. The van der Waals surface area contributed by atoms with Gasteiger partial charge in [0.25, 0.3) is 0 Å². The third-order valence-corrected chi connectivity index (χ3v) is 4.83. The quantitative estimate of drug-likeness (QED) is 0.823. The molecule has 0 radical (unpaired) electrons. The summed E-state index contributed by atoms with van der Waals surface area (Å²) in [7, 11) is 0. The van der Waals surface area contributed by atoms with Gasteiger partial charge in [0.1, 0.15) is 11.8 Å². The molecule has 0 bridgehead atoms. The molecule has 0 aromatic heterocycles. The molecule has 3 rings (SSSR count). The molecule has 0 saturated carbocycles. The molecule has 2 aromatic carbocycles. The Bertz CT molecular complexity index is 766. The SMILES string of the molecule is CCC1c2ccccc2N(C(=O)OC(C)(C)C)C(O)C1c1ccccc1. The van der Waals surface area contributed by atoms with Crippen LogP contribution in [-0.2, 0) is 4.74 Å². The fourth-order valence-electron chi connectivity index (χ4n) is 3.80. The summed E-state index contributed by atoms with van der Waals surface area (Å²) in [5.41, 5.74) is 2.19. The van der Waals surface area contributed by atoms with Gasteiger partial charge in [-0.25, -0.2) is 4.79 Å². The van der Waals surface area contributed by atoms with Gasteiger partial charge >= 0.3 is 6.09 Å². The van der Waals surface area contributed by atoms with Gasteiger partial charge in [0, 0.05) is 5.92 Å². The molecule has 3 atom stereocenters. The van der Waals surface area contributed by atoms with Crippen LogP contribution in [0.2, 0.25) is 0 Å². The predicted molar refractivity (Wildman–Crippen MR) is 103 cm³/mol. The Morgan fingerprint density at radius 3 is 2.31 bits per heavy atom. The first-order chi connectivity index (χ1) is 12.3. The lowest BCUT2D eigenvalue weighted by Gasteiger charge is -2.44. The van der Waals surface area contributed by atoms with Gasteiger partial charge in [-0.1, -0.05) is 55.5 Å². The number of nitrogens with zero attached hydrogens (tertiary/aromatic N) is 1. The van der Waals surface area contributed by atoms with Crippen molar-refractivity contribution in [3.05, 3.63) is 65.7 Å². The molecule has 4 heteroatoms. The predicted octanol–water partition coefficient (Wildman–Crippen LogP) is 5.04. The first kappa shape index (κ1) is 18.5. The van der Waals surface area contributed by atoms with Crippen LogP contribution in [-0.4, -0.2) is 23.0 Å². The van der Waals surface area contributed by atoms with Crippen molar-refractivity contribution >= 4 is 11.8 Å². The summed E-state index contributed by atoms with van der Waals surface area (Å²) in [5.74, 6) is -0.0779. The van der Waals surface area contributed by atoms with Crippen LogP contribution >= 0.6 is 0 Å². The van der Waals surface area contributed by atoms with Crippen molar-refractivity contribution < 1.29 is 14.6 Å². The molecule has 2 aromatic rings. The summed E-state index contributed by atoms with van der Waals surface area (Å²) >= 11 is 0. The average molecular weight is 353 g/mol. The van der Waals surface area contributed by atoms with E-state index in [-0.39, 0.29) is 11.8 Å². The molecule has 0 saturated heterocycles. The number of rotatable bonds is 2.